The van der Waals surface area contributed by atoms with E-state index in [0.29, 0.717) is 0 Å². The normalized spacial score (nSPS) is 12.6. The Morgan fingerprint density at radius 2 is 1.52 bits per heavy atom. The molecule has 0 radical (unpaired) electrons. The molecule has 0 bridgehead atoms. The first-order valence-corrected chi connectivity index (χ1v) is 13.4. The molecule has 152 valence electrons. The monoisotopic (exact) mass is 427 g/mol. The summed E-state index contributed by atoms with van der Waals surface area (Å²) >= 11 is 9.64. The van der Waals surface area contributed by atoms with Gasteiger partial charge in [0.25, 0.3) is 0 Å². The Morgan fingerprint density at radius 3 is 2.26 bits per heavy atom. The first-order valence-electron chi connectivity index (χ1n) is 9.63. The highest BCUT2D eigenvalue weighted by Crippen LogP contribution is 2.61. The summed E-state index contributed by atoms with van der Waals surface area (Å²) in [6.07, 6.45) is 6.31. The van der Waals surface area contributed by atoms with Crippen molar-refractivity contribution >= 4 is 42.5 Å². The second-order valence-corrected chi connectivity index (χ2v) is 12.5. The van der Waals surface area contributed by atoms with Crippen molar-refractivity contribution in [2.75, 3.05) is 39.3 Å². The number of aromatic nitrogens is 1. The lowest BCUT2D eigenvalue weighted by atomic mass is 10.2. The van der Waals surface area contributed by atoms with Gasteiger partial charge in [-0.25, -0.2) is 0 Å². The van der Waals surface area contributed by atoms with Crippen molar-refractivity contribution < 1.29 is 0 Å². The van der Waals surface area contributed by atoms with E-state index in [-0.39, 0.29) is 0 Å². The average molecular weight is 428 g/mol. The number of rotatable bonds is 14. The molecule has 1 heterocycles. The molecule has 0 aliphatic heterocycles. The van der Waals surface area contributed by atoms with Crippen molar-refractivity contribution in [1.82, 2.24) is 20.3 Å². The highest BCUT2D eigenvalue weighted by molar-refractivity contribution is 9.17. The molecule has 2 aromatic rings. The molecule has 8 heteroatoms. The van der Waals surface area contributed by atoms with E-state index in [1.54, 1.807) is 0 Å². The van der Waals surface area contributed by atoms with E-state index >= 15 is 0 Å². The molecule has 27 heavy (non-hydrogen) atoms. The predicted octanol–water partition coefficient (Wildman–Crippen LogP) is 3.29. The fraction of sp³-hybridized carbons (Fsp3) is 0.526. The van der Waals surface area contributed by atoms with Crippen LogP contribution < -0.4 is 21.1 Å². The summed E-state index contributed by atoms with van der Waals surface area (Å²) in [6.45, 7) is 5.80. The zero-order valence-electron chi connectivity index (χ0n) is 15.9. The van der Waals surface area contributed by atoms with Gasteiger partial charge in [0.2, 0.25) is 0 Å². The van der Waals surface area contributed by atoms with E-state index in [2.05, 4.69) is 38.5 Å². The van der Waals surface area contributed by atoms with E-state index in [0.717, 1.165) is 67.9 Å². The third-order valence-corrected chi connectivity index (χ3v) is 7.75. The van der Waals surface area contributed by atoms with E-state index in [1.807, 2.05) is 18.3 Å². The Kier molecular flexibility index (Phi) is 10.9. The largest absolute Gasteiger partial charge is 0.330 e. The number of para-hydroxylation sites is 1. The SMILES string of the molecule is NCCCNCCCCNCCCNS(S)(S)c1cccc2cccnc12. The summed E-state index contributed by atoms with van der Waals surface area (Å²) in [6, 6.07) is 10.2. The molecule has 0 saturated heterocycles. The van der Waals surface area contributed by atoms with Gasteiger partial charge in [0.15, 0.2) is 0 Å². The third kappa shape index (κ3) is 8.19. The first kappa shape index (κ1) is 22.8. The Hall–Kier alpha value is -0.480. The first-order chi connectivity index (χ1) is 13.1. The number of nitrogens with zero attached hydrogens (tertiary/aromatic N) is 1. The fourth-order valence-corrected chi connectivity index (χ4v) is 5.51. The molecular formula is C19H33N5S3. The average Bonchev–Trinajstić information content (AvgIpc) is 2.68. The van der Waals surface area contributed by atoms with Gasteiger partial charge >= 0.3 is 0 Å². The summed E-state index contributed by atoms with van der Waals surface area (Å²) in [5.41, 5.74) is 6.44. The Balaban J connectivity index is 1.61. The van der Waals surface area contributed by atoms with Crippen LogP contribution in [-0.2, 0) is 0 Å². The summed E-state index contributed by atoms with van der Waals surface area (Å²) in [5, 5.41) is 8.03. The van der Waals surface area contributed by atoms with Crippen LogP contribution in [0.25, 0.3) is 10.9 Å². The number of thiol groups is 2. The molecule has 2 rings (SSSR count). The highest BCUT2D eigenvalue weighted by Gasteiger charge is 2.19. The molecule has 5 N–H and O–H groups in total. The Bertz CT molecular complexity index is 663. The molecule has 0 aliphatic carbocycles. The van der Waals surface area contributed by atoms with E-state index in [1.165, 1.54) is 12.8 Å². The topological polar surface area (TPSA) is 75.0 Å². The number of unbranched alkanes of at least 4 members (excludes halogenated alkanes) is 1. The van der Waals surface area contributed by atoms with Crippen LogP contribution in [0.5, 0.6) is 0 Å². The van der Waals surface area contributed by atoms with Crippen molar-refractivity contribution in [1.29, 1.82) is 0 Å². The molecule has 0 saturated carbocycles. The van der Waals surface area contributed by atoms with Crippen molar-refractivity contribution in [3.05, 3.63) is 36.5 Å². The maximum absolute atomic E-state index is 5.47. The zero-order chi connectivity index (χ0) is 19.4. The lowest BCUT2D eigenvalue weighted by Gasteiger charge is -2.30. The minimum atomic E-state index is -1.67. The van der Waals surface area contributed by atoms with Crippen LogP contribution in [0.2, 0.25) is 0 Å². The maximum atomic E-state index is 5.47. The second-order valence-electron chi connectivity index (χ2n) is 6.48. The predicted molar refractivity (Wildman–Crippen MR) is 127 cm³/mol. The molecule has 1 aromatic heterocycles. The molecular weight excluding hydrogens is 394 g/mol. The van der Waals surface area contributed by atoms with Gasteiger partial charge in [-0.15, -0.1) is 23.3 Å². The number of hydrogen-bond donors (Lipinski definition) is 6. The van der Waals surface area contributed by atoms with Gasteiger partial charge in [-0.2, -0.15) is 0 Å². The minimum Gasteiger partial charge on any atom is -0.330 e. The number of nitrogens with one attached hydrogen (secondary N) is 3. The molecule has 0 spiro atoms. The van der Waals surface area contributed by atoms with Crippen LogP contribution >= 0.6 is 31.6 Å². The van der Waals surface area contributed by atoms with Gasteiger partial charge in [0.1, 0.15) is 0 Å². The van der Waals surface area contributed by atoms with E-state index < -0.39 is 8.28 Å². The highest BCUT2D eigenvalue weighted by atomic mass is 33.5. The number of pyridine rings is 1. The van der Waals surface area contributed by atoms with Crippen LogP contribution in [0.4, 0.5) is 0 Å². The van der Waals surface area contributed by atoms with Gasteiger partial charge < -0.3 is 16.4 Å². The standard InChI is InChI=1S/C19H33N5S3/c20-10-5-13-21-11-1-2-12-22-14-6-16-24-27(25,26)18-9-3-7-17-8-4-15-23-19(17)18/h3-4,7-9,15,21-22,24-26H,1-2,5-6,10-14,16,20H2. The summed E-state index contributed by atoms with van der Waals surface area (Å²) in [5.74, 6) is 0. The zero-order valence-corrected chi connectivity index (χ0v) is 18.5. The van der Waals surface area contributed by atoms with Crippen molar-refractivity contribution in [2.45, 2.75) is 30.6 Å². The van der Waals surface area contributed by atoms with Crippen LogP contribution in [0.1, 0.15) is 25.7 Å². The van der Waals surface area contributed by atoms with E-state index in [9.17, 15) is 0 Å². The number of nitrogens with two attached hydrogens (primary N) is 1. The van der Waals surface area contributed by atoms with Crippen LogP contribution in [-0.4, -0.2) is 44.3 Å². The Labute approximate surface area is 174 Å². The van der Waals surface area contributed by atoms with E-state index in [4.69, 9.17) is 29.1 Å². The van der Waals surface area contributed by atoms with Crippen molar-refractivity contribution in [2.24, 2.45) is 5.73 Å². The lowest BCUT2D eigenvalue weighted by Crippen LogP contribution is -2.24. The molecule has 1 aromatic carbocycles. The third-order valence-electron chi connectivity index (χ3n) is 4.25. The van der Waals surface area contributed by atoms with Crippen LogP contribution in [0, 0.1) is 0 Å². The van der Waals surface area contributed by atoms with Gasteiger partial charge in [-0.3, -0.25) is 9.71 Å². The van der Waals surface area contributed by atoms with Gasteiger partial charge in [0, 0.05) is 23.0 Å². The smallest absolute Gasteiger partial charge is 0.0850 e. The lowest BCUT2D eigenvalue weighted by molar-refractivity contribution is 0.568. The van der Waals surface area contributed by atoms with Crippen molar-refractivity contribution in [3.63, 3.8) is 0 Å². The van der Waals surface area contributed by atoms with Crippen LogP contribution in [0.3, 0.4) is 0 Å². The minimum absolute atomic E-state index is 0.765. The number of hydrogen-bond acceptors (Lipinski definition) is 7. The maximum Gasteiger partial charge on any atom is 0.0850 e. The summed E-state index contributed by atoms with van der Waals surface area (Å²) < 4.78 is 3.51. The van der Waals surface area contributed by atoms with Gasteiger partial charge in [-0.1, -0.05) is 26.5 Å². The molecule has 0 unspecified atom stereocenters. The quantitative estimate of drug-likeness (QED) is 0.159. The summed E-state index contributed by atoms with van der Waals surface area (Å²) in [7, 11) is -1.67. The molecule has 0 fully saturated rings. The number of fused-ring (bicyclic) bond motifs is 1. The number of benzene rings is 1. The molecule has 0 aliphatic rings. The summed E-state index contributed by atoms with van der Waals surface area (Å²) in [4.78, 5) is 5.59. The molecule has 0 amide bonds. The second kappa shape index (κ2) is 12.9. The van der Waals surface area contributed by atoms with Gasteiger partial charge in [0.05, 0.1) is 5.52 Å². The Morgan fingerprint density at radius 1 is 0.852 bits per heavy atom. The molecule has 5 nitrogen and oxygen atoms in total. The molecule has 0 atom stereocenters. The fourth-order valence-electron chi connectivity index (χ4n) is 2.79. The van der Waals surface area contributed by atoms with Crippen molar-refractivity contribution in [3.8, 4) is 0 Å². The van der Waals surface area contributed by atoms with Crippen LogP contribution in [0.15, 0.2) is 41.4 Å². The van der Waals surface area contributed by atoms with Gasteiger partial charge in [-0.05, 0) is 70.5 Å².